The van der Waals surface area contributed by atoms with Crippen LogP contribution in [0.15, 0.2) is 54.6 Å². The lowest BCUT2D eigenvalue weighted by Crippen LogP contribution is -2.55. The molecule has 0 saturated carbocycles. The molecule has 2 aliphatic heterocycles. The number of likely N-dealkylation sites (tertiary alicyclic amines) is 1. The van der Waals surface area contributed by atoms with Crippen LogP contribution in [-0.4, -0.2) is 59.4 Å². The number of H-pyrrole nitrogens is 1. The Hall–Kier alpha value is -2.50. The molecule has 1 atom stereocenters. The van der Waals surface area contributed by atoms with E-state index in [0.29, 0.717) is 6.61 Å². The van der Waals surface area contributed by atoms with E-state index in [1.807, 2.05) is 35.2 Å². The number of nitrogens with zero attached hydrogens (tertiary/aromatic N) is 2. The van der Waals surface area contributed by atoms with E-state index in [1.54, 1.807) is 0 Å². The van der Waals surface area contributed by atoms with Crippen LogP contribution >= 0.6 is 11.6 Å². The number of carbonyl (C=O) groups is 1. The number of para-hydroxylation sites is 2. The fourth-order valence-electron chi connectivity index (χ4n) is 5.16. The summed E-state index contributed by atoms with van der Waals surface area (Å²) in [7, 11) is 0. The van der Waals surface area contributed by atoms with E-state index in [1.165, 1.54) is 16.6 Å². The average Bonchev–Trinajstić information content (AvgIpc) is 3.37. The highest BCUT2D eigenvalue weighted by Gasteiger charge is 2.50. The summed E-state index contributed by atoms with van der Waals surface area (Å²) in [5.74, 6) is 0.929. The molecule has 2 aromatic carbocycles. The number of halogens is 1. The molecular weight excluding hydrogens is 398 g/mol. The molecular formula is C24H26ClN3O2. The number of fused-ring (bicyclic) bond motifs is 4. The molecule has 0 radical (unpaired) electrons. The van der Waals surface area contributed by atoms with E-state index in [4.69, 9.17) is 16.3 Å². The van der Waals surface area contributed by atoms with Gasteiger partial charge in [-0.25, -0.2) is 0 Å². The zero-order chi connectivity index (χ0) is 20.6. The Morgan fingerprint density at radius 1 is 1.10 bits per heavy atom. The van der Waals surface area contributed by atoms with Crippen LogP contribution in [0.4, 0.5) is 0 Å². The molecule has 1 unspecified atom stereocenters. The van der Waals surface area contributed by atoms with Crippen molar-refractivity contribution < 1.29 is 9.53 Å². The van der Waals surface area contributed by atoms with E-state index in [-0.39, 0.29) is 17.3 Å². The molecule has 1 N–H and O–H groups in total. The maximum atomic E-state index is 12.8. The van der Waals surface area contributed by atoms with Crippen molar-refractivity contribution in [1.29, 1.82) is 0 Å². The summed E-state index contributed by atoms with van der Waals surface area (Å²) < 4.78 is 5.91. The van der Waals surface area contributed by atoms with Gasteiger partial charge < -0.3 is 14.6 Å². The van der Waals surface area contributed by atoms with E-state index in [0.717, 1.165) is 50.3 Å². The van der Waals surface area contributed by atoms with Gasteiger partial charge in [-0.15, -0.1) is 11.6 Å². The maximum absolute atomic E-state index is 12.8. The predicted molar refractivity (Wildman–Crippen MR) is 119 cm³/mol. The zero-order valence-electron chi connectivity index (χ0n) is 16.9. The summed E-state index contributed by atoms with van der Waals surface area (Å²) in [5.41, 5.74) is 3.35. The quantitative estimate of drug-likeness (QED) is 0.635. The van der Waals surface area contributed by atoms with Gasteiger partial charge in [0.05, 0.1) is 5.54 Å². The lowest BCUT2D eigenvalue weighted by atomic mass is 9.84. The van der Waals surface area contributed by atoms with Gasteiger partial charge in [-0.05, 0) is 36.6 Å². The van der Waals surface area contributed by atoms with Crippen molar-refractivity contribution in [2.45, 2.75) is 18.4 Å². The van der Waals surface area contributed by atoms with Gasteiger partial charge in [0.15, 0.2) is 0 Å². The first-order valence-electron chi connectivity index (χ1n) is 10.6. The number of hydrogen-bond acceptors (Lipinski definition) is 3. The van der Waals surface area contributed by atoms with Gasteiger partial charge in [-0.1, -0.05) is 36.4 Å². The van der Waals surface area contributed by atoms with Gasteiger partial charge in [0.1, 0.15) is 18.2 Å². The number of hydrogen-bond donors (Lipinski definition) is 1. The van der Waals surface area contributed by atoms with Gasteiger partial charge in [-0.3, -0.25) is 9.69 Å². The van der Waals surface area contributed by atoms with Crippen molar-refractivity contribution in [3.05, 3.63) is 65.9 Å². The average molecular weight is 424 g/mol. The summed E-state index contributed by atoms with van der Waals surface area (Å²) in [6.45, 7) is 3.90. The van der Waals surface area contributed by atoms with E-state index in [2.05, 4.69) is 34.1 Å². The van der Waals surface area contributed by atoms with Gasteiger partial charge in [0.2, 0.25) is 5.91 Å². The second kappa shape index (κ2) is 7.97. The Bertz CT molecular complexity index is 1050. The van der Waals surface area contributed by atoms with Crippen molar-refractivity contribution in [2.24, 2.45) is 0 Å². The third-order valence-corrected chi connectivity index (χ3v) is 6.77. The molecule has 30 heavy (non-hydrogen) atoms. The second-order valence-electron chi connectivity index (χ2n) is 8.17. The number of benzene rings is 2. The number of aromatic nitrogens is 1. The van der Waals surface area contributed by atoms with Crippen LogP contribution in [0.2, 0.25) is 0 Å². The second-order valence-corrected chi connectivity index (χ2v) is 8.44. The van der Waals surface area contributed by atoms with Gasteiger partial charge >= 0.3 is 0 Å². The van der Waals surface area contributed by atoms with Crippen LogP contribution in [0.1, 0.15) is 17.7 Å². The normalized spacial score (nSPS) is 21.3. The van der Waals surface area contributed by atoms with Crippen molar-refractivity contribution in [3.63, 3.8) is 0 Å². The molecule has 5 nitrogen and oxygen atoms in total. The molecule has 6 heteroatoms. The lowest BCUT2D eigenvalue weighted by Gasteiger charge is -2.44. The van der Waals surface area contributed by atoms with Crippen LogP contribution in [0.3, 0.4) is 0 Å². The Kier molecular flexibility index (Phi) is 5.17. The number of ether oxygens (including phenoxy) is 1. The first-order valence-corrected chi connectivity index (χ1v) is 11.1. The van der Waals surface area contributed by atoms with Gasteiger partial charge in [0, 0.05) is 42.8 Å². The minimum absolute atomic E-state index is 0.0170. The summed E-state index contributed by atoms with van der Waals surface area (Å²) in [6, 6.07) is 18.3. The van der Waals surface area contributed by atoms with Crippen molar-refractivity contribution in [3.8, 4) is 5.75 Å². The minimum atomic E-state index is -0.342. The first-order chi connectivity index (χ1) is 14.7. The Morgan fingerprint density at radius 3 is 2.73 bits per heavy atom. The van der Waals surface area contributed by atoms with Crippen LogP contribution in [0.25, 0.3) is 10.9 Å². The van der Waals surface area contributed by atoms with Crippen molar-refractivity contribution >= 4 is 28.4 Å². The highest BCUT2D eigenvalue weighted by Crippen LogP contribution is 2.44. The third-order valence-electron chi connectivity index (χ3n) is 6.54. The molecule has 1 saturated heterocycles. The Labute approximate surface area is 181 Å². The van der Waals surface area contributed by atoms with Crippen LogP contribution in [0.5, 0.6) is 5.75 Å². The van der Waals surface area contributed by atoms with E-state index >= 15 is 0 Å². The SMILES string of the molecule is O=C(CCl)N1CCc2c([nH]c3ccccc23)C12CCN(CCOc1ccccc1)C2. The zero-order valence-corrected chi connectivity index (χ0v) is 17.7. The standard InChI is InChI=1S/C24H26ClN3O2/c25-16-22(29)28-12-10-20-19-8-4-5-9-21(19)26-23(20)24(28)11-13-27(17-24)14-15-30-18-6-2-1-3-7-18/h1-9,26H,10-17H2. The molecule has 0 aliphatic carbocycles. The molecule has 1 fully saturated rings. The number of rotatable bonds is 5. The Balaban J connectivity index is 1.41. The van der Waals surface area contributed by atoms with Gasteiger partial charge in [-0.2, -0.15) is 0 Å². The summed E-state index contributed by atoms with van der Waals surface area (Å²) >= 11 is 6.01. The van der Waals surface area contributed by atoms with Crippen LogP contribution in [0, 0.1) is 0 Å². The Morgan fingerprint density at radius 2 is 1.90 bits per heavy atom. The highest BCUT2D eigenvalue weighted by atomic mass is 35.5. The number of alkyl halides is 1. The molecule has 5 rings (SSSR count). The number of carbonyl (C=O) groups excluding carboxylic acids is 1. The fraction of sp³-hybridized carbons (Fsp3) is 0.375. The molecule has 3 heterocycles. The highest BCUT2D eigenvalue weighted by molar-refractivity contribution is 6.27. The maximum Gasteiger partial charge on any atom is 0.238 e. The summed E-state index contributed by atoms with van der Waals surface area (Å²) in [6.07, 6.45) is 1.77. The minimum Gasteiger partial charge on any atom is -0.492 e. The van der Waals surface area contributed by atoms with E-state index < -0.39 is 0 Å². The van der Waals surface area contributed by atoms with Crippen LogP contribution in [-0.2, 0) is 16.8 Å². The van der Waals surface area contributed by atoms with Crippen LogP contribution < -0.4 is 4.74 Å². The number of nitrogens with one attached hydrogen (secondary N) is 1. The largest absolute Gasteiger partial charge is 0.492 e. The van der Waals surface area contributed by atoms with Crippen molar-refractivity contribution in [1.82, 2.24) is 14.8 Å². The molecule has 1 aromatic heterocycles. The first kappa shape index (κ1) is 19.5. The molecule has 0 bridgehead atoms. The fourth-order valence-corrected chi connectivity index (χ4v) is 5.30. The molecule has 2 aliphatic rings. The molecule has 3 aromatic rings. The molecule has 1 spiro atoms. The number of aromatic amines is 1. The summed E-state index contributed by atoms with van der Waals surface area (Å²) in [5, 5.41) is 1.27. The van der Waals surface area contributed by atoms with Gasteiger partial charge in [0.25, 0.3) is 0 Å². The molecule has 1 amide bonds. The summed E-state index contributed by atoms with van der Waals surface area (Å²) in [4.78, 5) is 20.9. The predicted octanol–water partition coefficient (Wildman–Crippen LogP) is 3.77. The lowest BCUT2D eigenvalue weighted by molar-refractivity contribution is -0.135. The monoisotopic (exact) mass is 423 g/mol. The third kappa shape index (κ3) is 3.26. The number of amides is 1. The molecule has 156 valence electrons. The topological polar surface area (TPSA) is 48.6 Å². The van der Waals surface area contributed by atoms with E-state index in [9.17, 15) is 4.79 Å². The van der Waals surface area contributed by atoms with Crippen molar-refractivity contribution in [2.75, 3.05) is 38.7 Å². The smallest absolute Gasteiger partial charge is 0.238 e.